The topological polar surface area (TPSA) is 12.0 Å². The third kappa shape index (κ3) is 3.48. The molecule has 0 heterocycles. The molecule has 0 aromatic carbocycles. The fourth-order valence-electron chi connectivity index (χ4n) is 3.47. The van der Waals surface area contributed by atoms with Crippen molar-refractivity contribution in [1.82, 2.24) is 5.32 Å². The Bertz CT molecular complexity index is 194. The second-order valence-corrected chi connectivity index (χ2v) is 6.06. The van der Waals surface area contributed by atoms with Gasteiger partial charge in [-0.1, -0.05) is 33.1 Å². The Morgan fingerprint density at radius 1 is 0.938 bits per heavy atom. The molecule has 1 N–H and O–H groups in total. The SMILES string of the molecule is CCCC1CCC(NC2CC2CCC)CC1. The second kappa shape index (κ2) is 6.05. The van der Waals surface area contributed by atoms with Crippen LogP contribution in [0.3, 0.4) is 0 Å². The van der Waals surface area contributed by atoms with Crippen molar-refractivity contribution in [3.63, 3.8) is 0 Å². The lowest BCUT2D eigenvalue weighted by molar-refractivity contribution is 0.274. The van der Waals surface area contributed by atoms with Gasteiger partial charge in [0.25, 0.3) is 0 Å². The molecule has 2 saturated carbocycles. The summed E-state index contributed by atoms with van der Waals surface area (Å²) in [5.41, 5.74) is 0. The maximum Gasteiger partial charge on any atom is 0.0102 e. The molecule has 0 aromatic heterocycles. The van der Waals surface area contributed by atoms with Crippen LogP contribution in [0, 0.1) is 11.8 Å². The van der Waals surface area contributed by atoms with Crippen LogP contribution in [0.2, 0.25) is 0 Å². The molecule has 1 heteroatoms. The van der Waals surface area contributed by atoms with Gasteiger partial charge < -0.3 is 5.32 Å². The molecule has 1 nitrogen and oxygen atoms in total. The highest BCUT2D eigenvalue weighted by molar-refractivity contribution is 4.95. The zero-order valence-corrected chi connectivity index (χ0v) is 11.2. The van der Waals surface area contributed by atoms with Gasteiger partial charge in [0.2, 0.25) is 0 Å². The van der Waals surface area contributed by atoms with Gasteiger partial charge in [0.1, 0.15) is 0 Å². The predicted molar refractivity (Wildman–Crippen MR) is 70.6 cm³/mol. The smallest absolute Gasteiger partial charge is 0.0102 e. The maximum absolute atomic E-state index is 3.89. The Kier molecular flexibility index (Phi) is 4.69. The Morgan fingerprint density at radius 3 is 2.25 bits per heavy atom. The highest BCUT2D eigenvalue weighted by Gasteiger charge is 2.37. The van der Waals surface area contributed by atoms with Crippen molar-refractivity contribution in [2.45, 2.75) is 83.7 Å². The van der Waals surface area contributed by atoms with E-state index in [0.29, 0.717) is 0 Å². The lowest BCUT2D eigenvalue weighted by Gasteiger charge is -2.29. The van der Waals surface area contributed by atoms with Crippen LogP contribution >= 0.6 is 0 Å². The van der Waals surface area contributed by atoms with Gasteiger partial charge in [0.05, 0.1) is 0 Å². The minimum absolute atomic E-state index is 0.861. The van der Waals surface area contributed by atoms with Gasteiger partial charge in [-0.3, -0.25) is 0 Å². The minimum Gasteiger partial charge on any atom is -0.311 e. The van der Waals surface area contributed by atoms with Gasteiger partial charge in [-0.05, 0) is 50.4 Å². The molecule has 0 radical (unpaired) electrons. The average Bonchev–Trinajstić information content (AvgIpc) is 3.00. The van der Waals surface area contributed by atoms with E-state index in [1.54, 1.807) is 0 Å². The Labute approximate surface area is 101 Å². The normalized spacial score (nSPS) is 38.6. The van der Waals surface area contributed by atoms with Crippen molar-refractivity contribution in [2.24, 2.45) is 11.8 Å². The van der Waals surface area contributed by atoms with E-state index in [-0.39, 0.29) is 0 Å². The molecule has 0 spiro atoms. The molecule has 2 rings (SSSR count). The van der Waals surface area contributed by atoms with Gasteiger partial charge in [0, 0.05) is 12.1 Å². The molecular formula is C15H29N. The van der Waals surface area contributed by atoms with Crippen molar-refractivity contribution >= 4 is 0 Å². The molecule has 2 aliphatic rings. The van der Waals surface area contributed by atoms with E-state index < -0.39 is 0 Å². The van der Waals surface area contributed by atoms with Crippen molar-refractivity contribution in [3.05, 3.63) is 0 Å². The quantitative estimate of drug-likeness (QED) is 0.714. The first-order valence-corrected chi connectivity index (χ1v) is 7.59. The Hall–Kier alpha value is -0.0400. The molecule has 2 unspecified atom stereocenters. The minimum atomic E-state index is 0.861. The number of nitrogens with one attached hydrogen (secondary N) is 1. The number of rotatable bonds is 6. The van der Waals surface area contributed by atoms with E-state index in [9.17, 15) is 0 Å². The summed E-state index contributed by atoms with van der Waals surface area (Å²) >= 11 is 0. The Morgan fingerprint density at radius 2 is 1.62 bits per heavy atom. The average molecular weight is 223 g/mol. The van der Waals surface area contributed by atoms with Crippen LogP contribution in [0.5, 0.6) is 0 Å². The van der Waals surface area contributed by atoms with Crippen LogP contribution in [0.4, 0.5) is 0 Å². The van der Waals surface area contributed by atoms with Crippen molar-refractivity contribution in [1.29, 1.82) is 0 Å². The molecule has 0 bridgehead atoms. The molecule has 2 fully saturated rings. The third-order valence-corrected chi connectivity index (χ3v) is 4.58. The Balaban J connectivity index is 1.59. The van der Waals surface area contributed by atoms with E-state index in [2.05, 4.69) is 19.2 Å². The van der Waals surface area contributed by atoms with E-state index >= 15 is 0 Å². The molecule has 16 heavy (non-hydrogen) atoms. The van der Waals surface area contributed by atoms with Crippen molar-refractivity contribution < 1.29 is 0 Å². The van der Waals surface area contributed by atoms with Crippen LogP contribution in [-0.2, 0) is 0 Å². The summed E-state index contributed by atoms with van der Waals surface area (Å²) < 4.78 is 0. The van der Waals surface area contributed by atoms with Gasteiger partial charge in [-0.2, -0.15) is 0 Å². The summed E-state index contributed by atoms with van der Waals surface area (Å²) in [5, 5.41) is 3.89. The third-order valence-electron chi connectivity index (χ3n) is 4.58. The van der Waals surface area contributed by atoms with E-state index in [1.807, 2.05) is 0 Å². The van der Waals surface area contributed by atoms with Gasteiger partial charge in [-0.15, -0.1) is 0 Å². The number of hydrogen-bond acceptors (Lipinski definition) is 1. The summed E-state index contributed by atoms with van der Waals surface area (Å²) in [7, 11) is 0. The van der Waals surface area contributed by atoms with Crippen molar-refractivity contribution in [2.75, 3.05) is 0 Å². The first-order valence-electron chi connectivity index (χ1n) is 7.59. The highest BCUT2D eigenvalue weighted by atomic mass is 15.0. The summed E-state index contributed by atoms with van der Waals surface area (Å²) in [4.78, 5) is 0. The molecule has 94 valence electrons. The van der Waals surface area contributed by atoms with Gasteiger partial charge >= 0.3 is 0 Å². The standard InChI is InChI=1S/C15H29N/c1-3-5-12-7-9-14(10-8-12)16-15-11-13(15)6-4-2/h12-16H,3-11H2,1-2H3. The molecule has 0 amide bonds. The van der Waals surface area contributed by atoms with Crippen LogP contribution < -0.4 is 5.32 Å². The molecule has 0 aromatic rings. The van der Waals surface area contributed by atoms with E-state index in [0.717, 1.165) is 23.9 Å². The highest BCUT2D eigenvalue weighted by Crippen LogP contribution is 2.37. The number of hydrogen-bond donors (Lipinski definition) is 1. The van der Waals surface area contributed by atoms with Crippen LogP contribution in [0.15, 0.2) is 0 Å². The second-order valence-electron chi connectivity index (χ2n) is 6.06. The van der Waals surface area contributed by atoms with Gasteiger partial charge in [-0.25, -0.2) is 0 Å². The zero-order valence-electron chi connectivity index (χ0n) is 11.2. The largest absolute Gasteiger partial charge is 0.311 e. The first-order chi connectivity index (χ1) is 7.83. The van der Waals surface area contributed by atoms with Crippen LogP contribution in [0.25, 0.3) is 0 Å². The lowest BCUT2D eigenvalue weighted by atomic mass is 9.83. The molecular weight excluding hydrogens is 194 g/mol. The lowest BCUT2D eigenvalue weighted by Crippen LogP contribution is -2.35. The summed E-state index contributed by atoms with van der Waals surface area (Å²) in [6, 6.07) is 1.76. The summed E-state index contributed by atoms with van der Waals surface area (Å²) in [5.74, 6) is 2.08. The van der Waals surface area contributed by atoms with E-state index in [4.69, 9.17) is 0 Å². The monoisotopic (exact) mass is 223 g/mol. The molecule has 2 atom stereocenters. The summed E-state index contributed by atoms with van der Waals surface area (Å²) in [6.45, 7) is 4.63. The predicted octanol–water partition coefficient (Wildman–Crippen LogP) is 4.12. The molecule has 2 aliphatic carbocycles. The molecule has 0 aliphatic heterocycles. The van der Waals surface area contributed by atoms with E-state index in [1.165, 1.54) is 57.8 Å². The first kappa shape index (κ1) is 12.4. The van der Waals surface area contributed by atoms with Crippen LogP contribution in [-0.4, -0.2) is 12.1 Å². The fraction of sp³-hybridized carbons (Fsp3) is 1.00. The fourth-order valence-corrected chi connectivity index (χ4v) is 3.47. The van der Waals surface area contributed by atoms with Crippen molar-refractivity contribution in [3.8, 4) is 0 Å². The molecule has 0 saturated heterocycles. The zero-order chi connectivity index (χ0) is 11.4. The van der Waals surface area contributed by atoms with Gasteiger partial charge in [0.15, 0.2) is 0 Å². The van der Waals surface area contributed by atoms with Crippen LogP contribution in [0.1, 0.15) is 71.6 Å². The summed E-state index contributed by atoms with van der Waals surface area (Å²) in [6.07, 6.45) is 13.0. The maximum atomic E-state index is 3.89.